The van der Waals surface area contributed by atoms with E-state index in [1.807, 2.05) is 0 Å². The summed E-state index contributed by atoms with van der Waals surface area (Å²) >= 11 is 0. The van der Waals surface area contributed by atoms with Gasteiger partial charge in [-0.05, 0) is 101 Å². The van der Waals surface area contributed by atoms with Crippen molar-refractivity contribution in [3.05, 3.63) is 82.4 Å². The van der Waals surface area contributed by atoms with E-state index in [1.165, 1.54) is 71.2 Å². The van der Waals surface area contributed by atoms with E-state index in [0.717, 1.165) is 12.1 Å². The molecule has 10 rings (SSSR count). The van der Waals surface area contributed by atoms with Crippen molar-refractivity contribution in [2.24, 2.45) is 0 Å². The number of fused-ring (bicyclic) bond motifs is 2. The molecule has 1 spiro atoms. The summed E-state index contributed by atoms with van der Waals surface area (Å²) in [6, 6.07) is 7.96. The van der Waals surface area contributed by atoms with E-state index in [0.29, 0.717) is 85.6 Å². The first-order valence-electron chi connectivity index (χ1n) is 26.3. The number of likely N-dealkylation sites (tertiary alicyclic amines) is 2. The number of halogens is 4. The molecule has 0 radical (unpaired) electrons. The molecule has 7 heterocycles. The molecule has 3 aromatic carbocycles. The molecule has 4 amide bonds. The normalized spacial score (nSPS) is 23.0. The summed E-state index contributed by atoms with van der Waals surface area (Å²) in [6.07, 6.45) is 1.10. The number of aromatic nitrogens is 4. The number of anilines is 2. The number of imidazole rings is 2. The van der Waals surface area contributed by atoms with Crippen molar-refractivity contribution in [2.45, 2.75) is 131 Å². The monoisotopic (exact) mass is 1070 g/mol. The largest absolute Gasteiger partial charge is 0.453 e. The molecule has 0 saturated carbocycles. The topological polar surface area (TPSA) is 200 Å². The fourth-order valence-corrected chi connectivity index (χ4v) is 16.6. The van der Waals surface area contributed by atoms with E-state index in [4.69, 9.17) is 28.9 Å². The van der Waals surface area contributed by atoms with Gasteiger partial charge in [0.25, 0.3) is 0 Å². The number of methoxy groups -OCH3 is 4. The lowest BCUT2D eigenvalue weighted by molar-refractivity contribution is -0.138. The van der Waals surface area contributed by atoms with Gasteiger partial charge in [0.1, 0.15) is 41.1 Å². The number of nitrogens with zero attached hydrogens (tertiary/aromatic N) is 6. The molecule has 8 atom stereocenters. The fraction of sp³-hybridized carbons (Fsp3) is 0.547. The number of H-pyrrole nitrogens is 2. The van der Waals surface area contributed by atoms with Crippen LogP contribution in [0.2, 0.25) is 24.2 Å². The summed E-state index contributed by atoms with van der Waals surface area (Å²) in [5, 5.41) is 5.16. The van der Waals surface area contributed by atoms with Gasteiger partial charge in [0.05, 0.1) is 80.7 Å². The van der Waals surface area contributed by atoms with Crippen LogP contribution in [-0.4, -0.2) is 141 Å². The Labute approximate surface area is 438 Å². The second-order valence-corrected chi connectivity index (χ2v) is 26.1. The Balaban J connectivity index is 0.994. The number of carbonyl (C=O) groups excluding carboxylic acids is 4. The first-order chi connectivity index (χ1) is 36.5. The molecular weight excluding hydrogens is 1010 g/mol. The highest BCUT2D eigenvalue weighted by Gasteiger charge is 2.45. The lowest BCUT2D eigenvalue weighted by Crippen LogP contribution is -2.54. The number of ether oxygens (including phenoxy) is 4. The summed E-state index contributed by atoms with van der Waals surface area (Å²) in [4.78, 5) is 75.6. The van der Waals surface area contributed by atoms with E-state index in [-0.39, 0.29) is 35.3 Å². The Bertz CT molecular complexity index is 2840. The first kappa shape index (κ1) is 53.0. The van der Waals surface area contributed by atoms with Gasteiger partial charge < -0.3 is 59.1 Å². The number of alkyl carbamates (subject to hydrolysis) is 2. The van der Waals surface area contributed by atoms with E-state index < -0.39 is 104 Å². The Kier molecular flexibility index (Phi) is 15.0. The van der Waals surface area contributed by atoms with Gasteiger partial charge in [0.2, 0.25) is 11.8 Å². The standard InChI is InChI=1S/C53H66F4N10O8Si/c1-28(72-3)45(62-52(70)74-5)50(68)65-14-7-10-43(65)48-58-37-24-31(33(54)26-39(37)60-48)41-12-13-42(67(41)30-22-35(56)47(36(57)23-30)64-16-20-76(21-17-64)18-9-19-76)32-25-38-40(27-34(32)55)61-49(59-38)44-11-8-15-66(44)51(69)46(29(2)73-4)63-53(71)75-6/h22-29,41-46H,7-21H2,1-6H3,(H,58,60)(H,59,61)(H,62,70)(H,63,71)/t28-,29-,41+,42+,43+,44+,45+,46+/m1/s1. The number of hydrogen-bond donors (Lipinski definition) is 4. The third-order valence-corrected chi connectivity index (χ3v) is 22.4. The SMILES string of the molecule is COC(=O)N[C@H](C(=O)N1CCC[C@H]1c1nc2cc([C@@H]3CC[C@@H](c4cc5nc([C@@H]6CCCN6C(=O)[C@@H](NC(=O)OC)[C@@H](C)OC)[nH]c5cc4F)N3c3cc(F)c(N4CC[Si]5(CCC5)CC4)c(F)c3)c(F)cc2[nH]1)[C@@H](C)OC. The summed E-state index contributed by atoms with van der Waals surface area (Å²) < 4.78 is 87.8. The second kappa shape index (κ2) is 21.5. The molecule has 23 heteroatoms. The maximum absolute atomic E-state index is 16.9. The summed E-state index contributed by atoms with van der Waals surface area (Å²) in [6.45, 7) is 5.21. The molecule has 18 nitrogen and oxygen atoms in total. The van der Waals surface area contributed by atoms with Crippen LogP contribution in [0.15, 0.2) is 36.4 Å². The van der Waals surface area contributed by atoms with Crippen molar-refractivity contribution in [3.63, 3.8) is 0 Å². The van der Waals surface area contributed by atoms with Crippen LogP contribution in [0, 0.1) is 23.3 Å². The highest BCUT2D eigenvalue weighted by atomic mass is 28.3. The van der Waals surface area contributed by atoms with Gasteiger partial charge in [-0.1, -0.05) is 18.5 Å². The maximum Gasteiger partial charge on any atom is 0.407 e. The highest BCUT2D eigenvalue weighted by Crippen LogP contribution is 2.51. The second-order valence-electron chi connectivity index (χ2n) is 21.1. The molecular formula is C53H66F4N10O8Si. The molecule has 5 aromatic rings. The lowest BCUT2D eigenvalue weighted by Gasteiger charge is -2.47. The highest BCUT2D eigenvalue weighted by molar-refractivity contribution is 6.82. The van der Waals surface area contributed by atoms with Crippen LogP contribution < -0.4 is 20.4 Å². The zero-order valence-electron chi connectivity index (χ0n) is 43.7. The number of aromatic amines is 2. The smallest absolute Gasteiger partial charge is 0.407 e. The Hall–Kier alpha value is -6.46. The zero-order chi connectivity index (χ0) is 53.7. The lowest BCUT2D eigenvalue weighted by atomic mass is 10.0. The molecule has 4 N–H and O–H groups in total. The average molecular weight is 1080 g/mol. The third kappa shape index (κ3) is 9.82. The molecule has 408 valence electrons. The predicted octanol–water partition coefficient (Wildman–Crippen LogP) is 8.60. The molecule has 5 aliphatic heterocycles. The minimum Gasteiger partial charge on any atom is -0.453 e. The van der Waals surface area contributed by atoms with Gasteiger partial charge >= 0.3 is 12.2 Å². The molecule has 0 bridgehead atoms. The summed E-state index contributed by atoms with van der Waals surface area (Å²) in [5.74, 6) is -2.76. The van der Waals surface area contributed by atoms with Crippen LogP contribution in [0.1, 0.15) is 106 Å². The summed E-state index contributed by atoms with van der Waals surface area (Å²) in [5.41, 5.74) is 1.85. The van der Waals surface area contributed by atoms with Gasteiger partial charge in [-0.2, -0.15) is 0 Å². The average Bonchev–Trinajstić information content (AvgIpc) is 4.32. The number of nitrogens with one attached hydrogen (secondary N) is 4. The Morgan fingerprint density at radius 2 is 1.04 bits per heavy atom. The number of hydrogen-bond acceptors (Lipinski definition) is 12. The van der Waals surface area contributed by atoms with Crippen molar-refractivity contribution in [2.75, 3.05) is 64.4 Å². The Morgan fingerprint density at radius 3 is 1.43 bits per heavy atom. The number of amides is 4. The van der Waals surface area contributed by atoms with E-state index >= 15 is 17.6 Å². The van der Waals surface area contributed by atoms with Gasteiger partial charge in [0.15, 0.2) is 11.6 Å². The van der Waals surface area contributed by atoms with Crippen molar-refractivity contribution >= 4 is 65.5 Å². The molecule has 0 unspecified atom stereocenters. The number of carbonyl (C=O) groups is 4. The molecule has 2 aromatic heterocycles. The third-order valence-electron chi connectivity index (χ3n) is 17.0. The predicted molar refractivity (Wildman–Crippen MR) is 276 cm³/mol. The minimum atomic E-state index is -1.34. The van der Waals surface area contributed by atoms with Gasteiger partial charge in [-0.15, -0.1) is 0 Å². The molecule has 5 fully saturated rings. The van der Waals surface area contributed by atoms with Gasteiger partial charge in [-0.3, -0.25) is 9.59 Å². The molecule has 5 saturated heterocycles. The van der Waals surface area contributed by atoms with Crippen LogP contribution >= 0.6 is 0 Å². The molecule has 76 heavy (non-hydrogen) atoms. The Morgan fingerprint density at radius 1 is 0.592 bits per heavy atom. The van der Waals surface area contributed by atoms with Crippen molar-refractivity contribution in [1.82, 2.24) is 40.4 Å². The molecule has 5 aliphatic rings. The van der Waals surface area contributed by atoms with Crippen molar-refractivity contribution in [3.8, 4) is 0 Å². The fourth-order valence-electron chi connectivity index (χ4n) is 12.5. The van der Waals surface area contributed by atoms with E-state index in [9.17, 15) is 19.2 Å². The molecule has 0 aliphatic carbocycles. The quantitative estimate of drug-likeness (QED) is 0.0611. The van der Waals surface area contributed by atoms with Crippen LogP contribution in [0.5, 0.6) is 0 Å². The van der Waals surface area contributed by atoms with E-state index in [1.54, 1.807) is 45.6 Å². The van der Waals surface area contributed by atoms with Crippen LogP contribution in [-0.2, 0) is 28.5 Å². The van der Waals surface area contributed by atoms with Crippen LogP contribution in [0.3, 0.4) is 0 Å². The maximum atomic E-state index is 16.9. The minimum absolute atomic E-state index is 0.0976. The number of benzene rings is 3. The van der Waals surface area contributed by atoms with Crippen LogP contribution in [0.25, 0.3) is 22.1 Å². The van der Waals surface area contributed by atoms with Gasteiger partial charge in [0, 0.05) is 57.2 Å². The van der Waals surface area contributed by atoms with Crippen molar-refractivity contribution < 1.29 is 55.7 Å². The van der Waals surface area contributed by atoms with Gasteiger partial charge in [-0.25, -0.2) is 37.1 Å². The van der Waals surface area contributed by atoms with E-state index in [2.05, 4.69) is 20.6 Å². The zero-order valence-corrected chi connectivity index (χ0v) is 44.7. The number of rotatable bonds is 14. The first-order valence-corrected chi connectivity index (χ1v) is 29.1. The van der Waals surface area contributed by atoms with Crippen LogP contribution in [0.4, 0.5) is 38.5 Å². The van der Waals surface area contributed by atoms with Crippen molar-refractivity contribution in [1.29, 1.82) is 0 Å². The summed E-state index contributed by atoms with van der Waals surface area (Å²) in [7, 11) is 3.93.